The fourth-order valence-corrected chi connectivity index (χ4v) is 6.56. The summed E-state index contributed by atoms with van der Waals surface area (Å²) in [6.07, 6.45) is 27.1. The van der Waals surface area contributed by atoms with Crippen molar-refractivity contribution < 1.29 is 28.0 Å². The third kappa shape index (κ3) is 14.9. The zero-order valence-corrected chi connectivity index (χ0v) is 23.0. The summed E-state index contributed by atoms with van der Waals surface area (Å²) in [5.41, 5.74) is 0. The van der Waals surface area contributed by atoms with Crippen LogP contribution >= 0.6 is 0 Å². The topological polar surface area (TPSA) is 136 Å². The van der Waals surface area contributed by atoms with Crippen LogP contribution < -0.4 is 10.6 Å². The summed E-state index contributed by atoms with van der Waals surface area (Å²) < 4.78 is 27.7. The highest BCUT2D eigenvalue weighted by Gasteiger charge is 2.21. The van der Waals surface area contributed by atoms with E-state index < -0.39 is 27.9 Å². The van der Waals surface area contributed by atoms with E-state index in [0.29, 0.717) is 0 Å². The van der Waals surface area contributed by atoms with Gasteiger partial charge in [0.1, 0.15) is 5.75 Å². The summed E-state index contributed by atoms with van der Waals surface area (Å²) in [7, 11) is -4.40. The van der Waals surface area contributed by atoms with Crippen molar-refractivity contribution in [3.8, 4) is 0 Å². The Balaban J connectivity index is 0.000000193. The van der Waals surface area contributed by atoms with Gasteiger partial charge in [-0.1, -0.05) is 77.0 Å². The molecule has 0 amide bonds. The van der Waals surface area contributed by atoms with Gasteiger partial charge in [-0.15, -0.1) is 0 Å². The Morgan fingerprint density at radius 2 is 0.861 bits per heavy atom. The number of aliphatic hydroxyl groups excluding tert-OH is 1. The van der Waals surface area contributed by atoms with Gasteiger partial charge in [0.2, 0.25) is 0 Å². The minimum absolute atomic E-state index is 0.872. The molecule has 0 aromatic heterocycles. The molecular formula is C27H52N2O6S. The molecule has 5 N–H and O–H groups in total. The number of carboxylic acids is 1. The molecule has 0 saturated heterocycles. The molecule has 0 spiro atoms. The predicted molar refractivity (Wildman–Crippen MR) is 144 cm³/mol. The van der Waals surface area contributed by atoms with Gasteiger partial charge in [0.05, 0.1) is 0 Å². The second-order valence-corrected chi connectivity index (χ2v) is 12.8. The zero-order valence-electron chi connectivity index (χ0n) is 22.2. The van der Waals surface area contributed by atoms with E-state index in [2.05, 4.69) is 10.6 Å². The van der Waals surface area contributed by atoms with Gasteiger partial charge in [0.25, 0.3) is 10.1 Å². The SMILES string of the molecule is C1CCC(NC2CCCCC2)CC1.C1CCC(NC2CCCCC2)CC1.O=C(O)[C@@H](O)CS(=O)(=O)O. The van der Waals surface area contributed by atoms with Crippen LogP contribution in [0.25, 0.3) is 0 Å². The van der Waals surface area contributed by atoms with Crippen molar-refractivity contribution in [3.05, 3.63) is 0 Å². The Labute approximate surface area is 219 Å². The third-order valence-electron chi connectivity index (χ3n) is 8.02. The molecule has 0 radical (unpaired) electrons. The van der Waals surface area contributed by atoms with Crippen LogP contribution in [0.3, 0.4) is 0 Å². The molecule has 1 atom stereocenters. The molecule has 8 nitrogen and oxygen atoms in total. The molecule has 4 aliphatic carbocycles. The van der Waals surface area contributed by atoms with Crippen LogP contribution in [0.15, 0.2) is 0 Å². The Bertz CT molecular complexity index is 614. The molecule has 4 rings (SSSR count). The van der Waals surface area contributed by atoms with Gasteiger partial charge in [-0.05, 0) is 51.4 Å². The van der Waals surface area contributed by atoms with Crippen molar-refractivity contribution in [2.24, 2.45) is 0 Å². The molecule has 0 aromatic rings. The molecule has 0 unspecified atom stereocenters. The number of nitrogens with one attached hydrogen (secondary N) is 2. The van der Waals surface area contributed by atoms with E-state index in [0.717, 1.165) is 24.2 Å². The van der Waals surface area contributed by atoms with Gasteiger partial charge in [0.15, 0.2) is 6.10 Å². The smallest absolute Gasteiger partial charge is 0.333 e. The molecule has 0 heterocycles. The number of hydrogen-bond donors (Lipinski definition) is 5. The largest absolute Gasteiger partial charge is 0.479 e. The minimum Gasteiger partial charge on any atom is -0.479 e. The standard InChI is InChI=1S/2C12H23N.C3H6O6S/c2*1-3-7-11(8-4-1)13-12-9-5-2-6-10-12;4-2(3(5)6)1-10(7,8)9/h2*11-13H,1-10H2;2,4H,1H2,(H,5,6)(H,7,8,9)/t;;2-/m..0/s1. The first-order valence-corrected chi connectivity index (χ1v) is 16.2. The number of hydrogen-bond acceptors (Lipinski definition) is 6. The van der Waals surface area contributed by atoms with Crippen LogP contribution in [0.4, 0.5) is 0 Å². The Morgan fingerprint density at radius 1 is 0.611 bits per heavy atom. The fraction of sp³-hybridized carbons (Fsp3) is 0.963. The number of aliphatic carboxylic acids is 1. The highest BCUT2D eigenvalue weighted by atomic mass is 32.2. The highest BCUT2D eigenvalue weighted by Crippen LogP contribution is 2.23. The maximum absolute atomic E-state index is 9.88. The van der Waals surface area contributed by atoms with Crippen LogP contribution in [-0.4, -0.2) is 65.2 Å². The lowest BCUT2D eigenvalue weighted by atomic mass is 9.91. The summed E-state index contributed by atoms with van der Waals surface area (Å²) in [5, 5.41) is 24.0. The van der Waals surface area contributed by atoms with Crippen molar-refractivity contribution in [1.82, 2.24) is 10.6 Å². The van der Waals surface area contributed by atoms with Gasteiger partial charge in [-0.25, -0.2) is 4.79 Å². The van der Waals surface area contributed by atoms with Gasteiger partial charge in [0, 0.05) is 24.2 Å². The van der Waals surface area contributed by atoms with E-state index in [-0.39, 0.29) is 0 Å². The third-order valence-corrected chi connectivity index (χ3v) is 8.75. The number of aliphatic hydroxyl groups is 1. The van der Waals surface area contributed by atoms with E-state index in [1.807, 2.05) is 0 Å². The molecule has 0 bridgehead atoms. The first kappa shape index (κ1) is 31.5. The van der Waals surface area contributed by atoms with Crippen molar-refractivity contribution in [1.29, 1.82) is 0 Å². The number of rotatable bonds is 7. The average Bonchev–Trinajstić information content (AvgIpc) is 2.86. The van der Waals surface area contributed by atoms with Crippen LogP contribution in [0.2, 0.25) is 0 Å². The maximum atomic E-state index is 9.88. The van der Waals surface area contributed by atoms with E-state index in [1.165, 1.54) is 128 Å². The van der Waals surface area contributed by atoms with Crippen molar-refractivity contribution in [2.75, 3.05) is 5.75 Å². The van der Waals surface area contributed by atoms with Gasteiger partial charge in [-0.3, -0.25) is 4.55 Å². The molecule has 4 aliphatic rings. The van der Waals surface area contributed by atoms with E-state index in [1.54, 1.807) is 0 Å². The summed E-state index contributed by atoms with van der Waals surface area (Å²) in [6.45, 7) is 0. The minimum atomic E-state index is -4.40. The molecule has 4 fully saturated rings. The van der Waals surface area contributed by atoms with Crippen molar-refractivity contribution in [2.45, 2.75) is 159 Å². The van der Waals surface area contributed by atoms with Crippen LogP contribution in [-0.2, 0) is 14.9 Å². The van der Waals surface area contributed by atoms with E-state index in [4.69, 9.17) is 14.8 Å². The maximum Gasteiger partial charge on any atom is 0.333 e. The van der Waals surface area contributed by atoms with Crippen molar-refractivity contribution in [3.63, 3.8) is 0 Å². The van der Waals surface area contributed by atoms with Crippen LogP contribution in [0.5, 0.6) is 0 Å². The first-order chi connectivity index (χ1) is 17.2. The molecule has 212 valence electrons. The molecule has 4 saturated carbocycles. The van der Waals surface area contributed by atoms with Crippen LogP contribution in [0, 0.1) is 0 Å². The summed E-state index contributed by atoms with van der Waals surface area (Å²) in [6, 6.07) is 3.49. The average molecular weight is 533 g/mol. The molecule has 36 heavy (non-hydrogen) atoms. The lowest BCUT2D eigenvalue weighted by molar-refractivity contribution is -0.145. The van der Waals surface area contributed by atoms with Gasteiger partial charge < -0.3 is 20.8 Å². The van der Waals surface area contributed by atoms with E-state index >= 15 is 0 Å². The van der Waals surface area contributed by atoms with Gasteiger partial charge in [-0.2, -0.15) is 8.42 Å². The Hall–Kier alpha value is -0.740. The van der Waals surface area contributed by atoms with Crippen molar-refractivity contribution >= 4 is 16.1 Å². The summed E-state index contributed by atoms with van der Waals surface area (Å²) in [5.74, 6) is -2.86. The predicted octanol–water partition coefficient (Wildman–Crippen LogP) is 4.80. The second kappa shape index (κ2) is 17.7. The molecule has 0 aromatic carbocycles. The fourth-order valence-electron chi connectivity index (χ4n) is 6.01. The molecule has 9 heteroatoms. The van der Waals surface area contributed by atoms with Crippen LogP contribution in [0.1, 0.15) is 128 Å². The number of carboxylic acid groups (broad SMARTS) is 1. The Kier molecular flexibility index (Phi) is 15.5. The van der Waals surface area contributed by atoms with E-state index in [9.17, 15) is 13.2 Å². The quantitative estimate of drug-likeness (QED) is 0.295. The van der Waals surface area contributed by atoms with Gasteiger partial charge >= 0.3 is 5.97 Å². The molecule has 0 aliphatic heterocycles. The summed E-state index contributed by atoms with van der Waals surface area (Å²) in [4.78, 5) is 9.75. The number of carbonyl (C=O) groups is 1. The first-order valence-electron chi connectivity index (χ1n) is 14.6. The lowest BCUT2D eigenvalue weighted by Gasteiger charge is -2.30. The zero-order chi connectivity index (χ0) is 26.2. The molecular weight excluding hydrogens is 480 g/mol. The monoisotopic (exact) mass is 532 g/mol. The normalized spacial score (nSPS) is 24.1. The summed E-state index contributed by atoms with van der Waals surface area (Å²) >= 11 is 0. The lowest BCUT2D eigenvalue weighted by Crippen LogP contribution is -2.40. The Morgan fingerprint density at radius 3 is 1.03 bits per heavy atom. The second-order valence-electron chi connectivity index (χ2n) is 11.3. The highest BCUT2D eigenvalue weighted by molar-refractivity contribution is 7.85.